The summed E-state index contributed by atoms with van der Waals surface area (Å²) < 4.78 is 10.3. The standard InChI is InChI=1S/C15H17N3O3/c1-3-21-14-7-4-10(9-17-14)18-15(19)12-8-11(20-2)5-6-13(12)16/h4-9H,3,16H2,1-2H3,(H,18,19). The molecule has 0 atom stereocenters. The smallest absolute Gasteiger partial charge is 0.257 e. The first-order chi connectivity index (χ1) is 10.1. The molecule has 21 heavy (non-hydrogen) atoms. The second-order valence-electron chi connectivity index (χ2n) is 4.23. The molecule has 0 aliphatic heterocycles. The molecule has 1 aromatic carbocycles. The molecule has 0 aliphatic rings. The molecule has 6 heteroatoms. The molecule has 0 fully saturated rings. The number of rotatable bonds is 5. The molecule has 0 bridgehead atoms. The summed E-state index contributed by atoms with van der Waals surface area (Å²) in [6.07, 6.45) is 1.53. The molecule has 6 nitrogen and oxygen atoms in total. The zero-order chi connectivity index (χ0) is 15.2. The van der Waals surface area contributed by atoms with E-state index in [2.05, 4.69) is 10.3 Å². The quantitative estimate of drug-likeness (QED) is 0.824. The van der Waals surface area contributed by atoms with Gasteiger partial charge >= 0.3 is 0 Å². The number of carbonyl (C=O) groups is 1. The van der Waals surface area contributed by atoms with Crippen molar-refractivity contribution in [3.8, 4) is 11.6 Å². The number of amides is 1. The van der Waals surface area contributed by atoms with Crippen LogP contribution in [0.2, 0.25) is 0 Å². The lowest BCUT2D eigenvalue weighted by molar-refractivity contribution is 0.102. The van der Waals surface area contributed by atoms with Crippen LogP contribution in [0, 0.1) is 0 Å². The van der Waals surface area contributed by atoms with Crippen molar-refractivity contribution in [2.45, 2.75) is 6.92 Å². The number of nitrogens with zero attached hydrogens (tertiary/aromatic N) is 1. The van der Waals surface area contributed by atoms with Crippen LogP contribution in [0.1, 0.15) is 17.3 Å². The fourth-order valence-corrected chi connectivity index (χ4v) is 1.74. The van der Waals surface area contributed by atoms with Gasteiger partial charge in [0.1, 0.15) is 5.75 Å². The van der Waals surface area contributed by atoms with E-state index in [1.54, 1.807) is 30.3 Å². The number of ether oxygens (including phenoxy) is 2. The van der Waals surface area contributed by atoms with Crippen LogP contribution in [0.5, 0.6) is 11.6 Å². The molecule has 0 saturated heterocycles. The van der Waals surface area contributed by atoms with E-state index in [4.69, 9.17) is 15.2 Å². The van der Waals surface area contributed by atoms with Crippen LogP contribution < -0.4 is 20.5 Å². The zero-order valence-electron chi connectivity index (χ0n) is 11.9. The minimum Gasteiger partial charge on any atom is -0.497 e. The van der Waals surface area contributed by atoms with Crippen molar-refractivity contribution in [1.82, 2.24) is 4.98 Å². The first-order valence-corrected chi connectivity index (χ1v) is 6.47. The van der Waals surface area contributed by atoms with Crippen LogP contribution in [0.25, 0.3) is 0 Å². The molecule has 1 heterocycles. The van der Waals surface area contributed by atoms with E-state index < -0.39 is 0 Å². The minimum atomic E-state index is -0.322. The summed E-state index contributed by atoms with van der Waals surface area (Å²) in [5, 5.41) is 2.73. The second-order valence-corrected chi connectivity index (χ2v) is 4.23. The fraction of sp³-hybridized carbons (Fsp3) is 0.200. The maximum Gasteiger partial charge on any atom is 0.257 e. The van der Waals surface area contributed by atoms with E-state index in [1.165, 1.54) is 13.3 Å². The van der Waals surface area contributed by atoms with Gasteiger partial charge in [0.05, 0.1) is 31.2 Å². The van der Waals surface area contributed by atoms with Gasteiger partial charge in [-0.25, -0.2) is 4.98 Å². The molecule has 0 unspecified atom stereocenters. The van der Waals surface area contributed by atoms with Crippen LogP contribution in [0.4, 0.5) is 11.4 Å². The van der Waals surface area contributed by atoms with Gasteiger partial charge in [-0.3, -0.25) is 4.79 Å². The maximum atomic E-state index is 12.2. The summed E-state index contributed by atoms with van der Waals surface area (Å²) in [5.74, 6) is 0.757. The Kier molecular flexibility index (Phi) is 4.61. The maximum absolute atomic E-state index is 12.2. The average molecular weight is 287 g/mol. The number of carbonyl (C=O) groups excluding carboxylic acids is 1. The number of aromatic nitrogens is 1. The number of nitrogens with two attached hydrogens (primary N) is 1. The number of nitrogen functional groups attached to an aromatic ring is 1. The van der Waals surface area contributed by atoms with Gasteiger partial charge in [-0.2, -0.15) is 0 Å². The number of hydrogen-bond acceptors (Lipinski definition) is 5. The number of hydrogen-bond donors (Lipinski definition) is 2. The van der Waals surface area contributed by atoms with Crippen molar-refractivity contribution in [2.75, 3.05) is 24.8 Å². The van der Waals surface area contributed by atoms with Gasteiger partial charge in [-0.1, -0.05) is 0 Å². The van der Waals surface area contributed by atoms with Crippen molar-refractivity contribution in [1.29, 1.82) is 0 Å². The predicted molar refractivity (Wildman–Crippen MR) is 80.8 cm³/mol. The molecular formula is C15H17N3O3. The van der Waals surface area contributed by atoms with Crippen molar-refractivity contribution in [3.05, 3.63) is 42.1 Å². The Labute approximate surface area is 122 Å². The normalized spacial score (nSPS) is 10.0. The lowest BCUT2D eigenvalue weighted by Crippen LogP contribution is -2.14. The van der Waals surface area contributed by atoms with Crippen LogP contribution in [-0.2, 0) is 0 Å². The van der Waals surface area contributed by atoms with E-state index >= 15 is 0 Å². The van der Waals surface area contributed by atoms with Gasteiger partial charge < -0.3 is 20.5 Å². The van der Waals surface area contributed by atoms with E-state index in [0.29, 0.717) is 35.2 Å². The molecule has 2 rings (SSSR count). The lowest BCUT2D eigenvalue weighted by Gasteiger charge is -2.09. The number of benzene rings is 1. The summed E-state index contributed by atoms with van der Waals surface area (Å²) in [6, 6.07) is 8.32. The van der Waals surface area contributed by atoms with Gasteiger partial charge in [0, 0.05) is 11.8 Å². The lowest BCUT2D eigenvalue weighted by atomic mass is 10.1. The Morgan fingerprint density at radius 2 is 2.14 bits per heavy atom. The Morgan fingerprint density at radius 3 is 2.76 bits per heavy atom. The van der Waals surface area contributed by atoms with E-state index in [9.17, 15) is 4.79 Å². The highest BCUT2D eigenvalue weighted by atomic mass is 16.5. The Balaban J connectivity index is 2.14. The SMILES string of the molecule is CCOc1ccc(NC(=O)c2cc(OC)ccc2N)cn1. The van der Waals surface area contributed by atoms with Crippen molar-refractivity contribution in [2.24, 2.45) is 0 Å². The highest BCUT2D eigenvalue weighted by Crippen LogP contribution is 2.21. The summed E-state index contributed by atoms with van der Waals surface area (Å²) >= 11 is 0. The zero-order valence-corrected chi connectivity index (χ0v) is 11.9. The molecular weight excluding hydrogens is 270 g/mol. The fourth-order valence-electron chi connectivity index (χ4n) is 1.74. The molecule has 0 radical (unpaired) electrons. The summed E-state index contributed by atoms with van der Waals surface area (Å²) in [6.45, 7) is 2.42. The third-order valence-corrected chi connectivity index (χ3v) is 2.79. The molecule has 0 aliphatic carbocycles. The van der Waals surface area contributed by atoms with E-state index in [0.717, 1.165) is 0 Å². The van der Waals surface area contributed by atoms with Crippen LogP contribution in [0.15, 0.2) is 36.5 Å². The minimum absolute atomic E-state index is 0.322. The van der Waals surface area contributed by atoms with Crippen LogP contribution in [0.3, 0.4) is 0 Å². The van der Waals surface area contributed by atoms with Gasteiger partial charge in [0.2, 0.25) is 5.88 Å². The van der Waals surface area contributed by atoms with E-state index in [-0.39, 0.29) is 5.91 Å². The van der Waals surface area contributed by atoms with Gasteiger partial charge in [0.15, 0.2) is 0 Å². The van der Waals surface area contributed by atoms with Crippen molar-refractivity contribution in [3.63, 3.8) is 0 Å². The Hall–Kier alpha value is -2.76. The predicted octanol–water partition coefficient (Wildman–Crippen LogP) is 2.32. The van der Waals surface area contributed by atoms with Crippen LogP contribution >= 0.6 is 0 Å². The number of anilines is 2. The molecule has 2 aromatic rings. The summed E-state index contributed by atoms with van der Waals surface area (Å²) in [7, 11) is 1.53. The van der Waals surface area contributed by atoms with Crippen molar-refractivity contribution < 1.29 is 14.3 Å². The number of pyridine rings is 1. The number of methoxy groups -OCH3 is 1. The second kappa shape index (κ2) is 6.60. The molecule has 3 N–H and O–H groups in total. The molecule has 110 valence electrons. The third-order valence-electron chi connectivity index (χ3n) is 2.79. The molecule has 1 amide bonds. The molecule has 0 spiro atoms. The summed E-state index contributed by atoms with van der Waals surface area (Å²) in [4.78, 5) is 16.3. The molecule has 1 aromatic heterocycles. The summed E-state index contributed by atoms with van der Waals surface area (Å²) in [5.41, 5.74) is 7.10. The highest BCUT2D eigenvalue weighted by Gasteiger charge is 2.11. The van der Waals surface area contributed by atoms with Gasteiger partial charge in [-0.05, 0) is 31.2 Å². The topological polar surface area (TPSA) is 86.5 Å². The first-order valence-electron chi connectivity index (χ1n) is 6.47. The van der Waals surface area contributed by atoms with Gasteiger partial charge in [-0.15, -0.1) is 0 Å². The largest absolute Gasteiger partial charge is 0.497 e. The molecule has 0 saturated carbocycles. The highest BCUT2D eigenvalue weighted by molar-refractivity contribution is 6.07. The van der Waals surface area contributed by atoms with Crippen LogP contribution in [-0.4, -0.2) is 24.6 Å². The Bertz CT molecular complexity index is 627. The Morgan fingerprint density at radius 1 is 1.33 bits per heavy atom. The van der Waals surface area contributed by atoms with Crippen molar-refractivity contribution >= 4 is 17.3 Å². The van der Waals surface area contributed by atoms with E-state index in [1.807, 2.05) is 6.92 Å². The first kappa shape index (κ1) is 14.6. The number of nitrogens with one attached hydrogen (secondary N) is 1. The monoisotopic (exact) mass is 287 g/mol. The third kappa shape index (κ3) is 3.62. The van der Waals surface area contributed by atoms with Gasteiger partial charge in [0.25, 0.3) is 5.91 Å². The average Bonchev–Trinajstić information content (AvgIpc) is 2.50.